The van der Waals surface area contributed by atoms with E-state index in [-0.39, 0.29) is 0 Å². The van der Waals surface area contributed by atoms with E-state index in [1.165, 1.54) is 22.0 Å². The summed E-state index contributed by atoms with van der Waals surface area (Å²) in [6, 6.07) is 8.40. The monoisotopic (exact) mass is 306 g/mol. The van der Waals surface area contributed by atoms with Crippen LogP contribution in [0.5, 0.6) is 0 Å². The lowest BCUT2D eigenvalue weighted by atomic mass is 10.1. The van der Waals surface area contributed by atoms with Crippen molar-refractivity contribution in [1.29, 1.82) is 0 Å². The molecule has 1 unspecified atom stereocenters. The van der Waals surface area contributed by atoms with Crippen molar-refractivity contribution >= 4 is 11.8 Å². The molecule has 0 bridgehead atoms. The molecule has 1 atom stereocenters. The highest BCUT2D eigenvalue weighted by atomic mass is 32.2. The number of rotatable bonds is 5. The number of nitrogens with zero attached hydrogens (tertiary/aromatic N) is 2. The Morgan fingerprint density at radius 2 is 2.00 bits per heavy atom. The molecule has 0 saturated carbocycles. The Hall–Kier alpha value is -1.86. The number of aromatic amines is 1. The molecule has 0 amide bonds. The number of H-pyrrole nitrogens is 1. The summed E-state index contributed by atoms with van der Waals surface area (Å²) in [6.07, 6.45) is 1.01. The van der Waals surface area contributed by atoms with Crippen LogP contribution in [0.25, 0.3) is 0 Å². The Kier molecular flexibility index (Phi) is 4.98. The fourth-order valence-corrected chi connectivity index (χ4v) is 2.83. The number of aromatic nitrogens is 3. The largest absolute Gasteiger partial charge is 0.339 e. The van der Waals surface area contributed by atoms with Crippen LogP contribution in [0, 0.1) is 0 Å². The normalized spacial score (nSPS) is 12.3. The third-order valence-electron chi connectivity index (χ3n) is 3.20. The van der Waals surface area contributed by atoms with Gasteiger partial charge in [-0.25, -0.2) is 0 Å². The summed E-state index contributed by atoms with van der Waals surface area (Å²) in [5.41, 5.74) is -0.266. The molecule has 0 fully saturated rings. The predicted molar refractivity (Wildman–Crippen MR) is 82.8 cm³/mol. The molecule has 1 heterocycles. The molecule has 0 saturated heterocycles. The third kappa shape index (κ3) is 3.62. The van der Waals surface area contributed by atoms with Gasteiger partial charge in [-0.1, -0.05) is 30.8 Å². The standard InChI is InChI=1S/C14H18N4O2S/c1-4-11(15-2)9-5-7-10(8-6-9)21-14-16-12(19)13(20)17-18(14)3/h5-8,11,15H,4H2,1-3H3,(H,17,20). The first-order valence-corrected chi connectivity index (χ1v) is 7.49. The van der Waals surface area contributed by atoms with E-state index < -0.39 is 11.1 Å². The number of nitrogens with one attached hydrogen (secondary N) is 2. The predicted octanol–water partition coefficient (Wildman–Crippen LogP) is 1.29. The molecule has 2 rings (SSSR count). The molecule has 0 aliphatic carbocycles. The number of aryl methyl sites for hydroxylation is 1. The Labute approximate surface area is 126 Å². The maximum Gasteiger partial charge on any atom is 0.339 e. The molecule has 7 heteroatoms. The molecular formula is C14H18N4O2S. The fraction of sp³-hybridized carbons (Fsp3) is 0.357. The van der Waals surface area contributed by atoms with Gasteiger partial charge in [-0.2, -0.15) is 4.98 Å². The molecule has 1 aromatic heterocycles. The van der Waals surface area contributed by atoms with Crippen molar-refractivity contribution in [3.63, 3.8) is 0 Å². The summed E-state index contributed by atoms with van der Waals surface area (Å²) in [5.74, 6) is 0. The van der Waals surface area contributed by atoms with E-state index in [0.717, 1.165) is 11.3 Å². The van der Waals surface area contributed by atoms with Crippen molar-refractivity contribution in [3.05, 3.63) is 50.5 Å². The quantitative estimate of drug-likeness (QED) is 0.814. The van der Waals surface area contributed by atoms with E-state index in [1.54, 1.807) is 7.05 Å². The minimum absolute atomic E-state index is 0.333. The van der Waals surface area contributed by atoms with Gasteiger partial charge in [-0.3, -0.25) is 19.4 Å². The van der Waals surface area contributed by atoms with E-state index in [9.17, 15) is 9.59 Å². The first-order valence-electron chi connectivity index (χ1n) is 6.67. The van der Waals surface area contributed by atoms with Gasteiger partial charge in [0.25, 0.3) is 0 Å². The van der Waals surface area contributed by atoms with Gasteiger partial charge in [0.05, 0.1) is 0 Å². The average Bonchev–Trinajstić information content (AvgIpc) is 2.48. The molecule has 21 heavy (non-hydrogen) atoms. The number of hydrogen-bond donors (Lipinski definition) is 2. The summed E-state index contributed by atoms with van der Waals surface area (Å²) >= 11 is 1.33. The summed E-state index contributed by atoms with van der Waals surface area (Å²) in [4.78, 5) is 27.2. The molecule has 0 aliphatic heterocycles. The maximum absolute atomic E-state index is 11.3. The van der Waals surface area contributed by atoms with Crippen LogP contribution in [-0.2, 0) is 7.05 Å². The Morgan fingerprint density at radius 1 is 1.33 bits per heavy atom. The minimum Gasteiger partial charge on any atom is -0.313 e. The van der Waals surface area contributed by atoms with Crippen LogP contribution >= 0.6 is 11.8 Å². The molecule has 0 spiro atoms. The molecule has 0 aliphatic rings. The van der Waals surface area contributed by atoms with E-state index in [1.807, 2.05) is 19.2 Å². The molecular weight excluding hydrogens is 288 g/mol. The van der Waals surface area contributed by atoms with Gasteiger partial charge in [-0.05, 0) is 31.2 Å². The summed E-state index contributed by atoms with van der Waals surface area (Å²) in [6.45, 7) is 2.13. The van der Waals surface area contributed by atoms with Crippen molar-refractivity contribution < 1.29 is 0 Å². The van der Waals surface area contributed by atoms with Gasteiger partial charge in [0, 0.05) is 18.0 Å². The molecule has 6 nitrogen and oxygen atoms in total. The highest BCUT2D eigenvalue weighted by Crippen LogP contribution is 2.26. The molecule has 0 radical (unpaired) electrons. The van der Waals surface area contributed by atoms with Gasteiger partial charge in [0.1, 0.15) is 0 Å². The van der Waals surface area contributed by atoms with Crippen LogP contribution in [0.3, 0.4) is 0 Å². The van der Waals surface area contributed by atoms with Gasteiger partial charge >= 0.3 is 11.1 Å². The van der Waals surface area contributed by atoms with Crippen molar-refractivity contribution in [2.75, 3.05) is 7.05 Å². The fourth-order valence-electron chi connectivity index (χ4n) is 2.03. The second kappa shape index (κ2) is 6.73. The van der Waals surface area contributed by atoms with Crippen LogP contribution in [0.1, 0.15) is 24.9 Å². The van der Waals surface area contributed by atoms with Crippen LogP contribution in [0.2, 0.25) is 0 Å². The van der Waals surface area contributed by atoms with Gasteiger partial charge in [-0.15, -0.1) is 0 Å². The summed E-state index contributed by atoms with van der Waals surface area (Å²) in [7, 11) is 3.59. The van der Waals surface area contributed by atoms with Crippen molar-refractivity contribution in [1.82, 2.24) is 20.1 Å². The lowest BCUT2D eigenvalue weighted by molar-refractivity contribution is 0.576. The van der Waals surface area contributed by atoms with Gasteiger partial charge in [0.2, 0.25) is 0 Å². The molecule has 112 valence electrons. The summed E-state index contributed by atoms with van der Waals surface area (Å²) in [5, 5.41) is 6.14. The van der Waals surface area contributed by atoms with Crippen LogP contribution in [0.4, 0.5) is 0 Å². The topological polar surface area (TPSA) is 79.8 Å². The highest BCUT2D eigenvalue weighted by molar-refractivity contribution is 7.99. The van der Waals surface area contributed by atoms with E-state index in [2.05, 4.69) is 34.5 Å². The zero-order valence-electron chi connectivity index (χ0n) is 12.2. The van der Waals surface area contributed by atoms with Crippen molar-refractivity contribution in [3.8, 4) is 0 Å². The smallest absolute Gasteiger partial charge is 0.313 e. The Morgan fingerprint density at radius 3 is 2.57 bits per heavy atom. The van der Waals surface area contributed by atoms with E-state index in [4.69, 9.17) is 0 Å². The van der Waals surface area contributed by atoms with Crippen LogP contribution in [0.15, 0.2) is 43.9 Å². The lowest BCUT2D eigenvalue weighted by Gasteiger charge is -2.14. The summed E-state index contributed by atoms with van der Waals surface area (Å²) < 4.78 is 1.45. The van der Waals surface area contributed by atoms with Gasteiger partial charge in [0.15, 0.2) is 5.16 Å². The number of hydrogen-bond acceptors (Lipinski definition) is 5. The highest BCUT2D eigenvalue weighted by Gasteiger charge is 2.08. The zero-order chi connectivity index (χ0) is 15.4. The zero-order valence-corrected chi connectivity index (χ0v) is 13.0. The van der Waals surface area contributed by atoms with Crippen LogP contribution in [-0.4, -0.2) is 21.8 Å². The minimum atomic E-state index is -0.770. The maximum atomic E-state index is 11.3. The molecule has 1 aromatic carbocycles. The number of benzene rings is 1. The first kappa shape index (κ1) is 15.5. The van der Waals surface area contributed by atoms with Crippen molar-refractivity contribution in [2.24, 2.45) is 7.05 Å². The molecule has 2 N–H and O–H groups in total. The SMILES string of the molecule is CCC(NC)c1ccc(Sc2nc(=O)c(=O)[nH]n2C)cc1. The van der Waals surface area contributed by atoms with E-state index >= 15 is 0 Å². The van der Waals surface area contributed by atoms with E-state index in [0.29, 0.717) is 11.2 Å². The third-order valence-corrected chi connectivity index (χ3v) is 4.25. The Bertz CT molecular complexity index is 717. The van der Waals surface area contributed by atoms with Crippen LogP contribution < -0.4 is 16.4 Å². The second-order valence-corrected chi connectivity index (χ2v) is 5.66. The van der Waals surface area contributed by atoms with Gasteiger partial charge < -0.3 is 5.32 Å². The lowest BCUT2D eigenvalue weighted by Crippen LogP contribution is -2.33. The second-order valence-electron chi connectivity index (χ2n) is 4.62. The van der Waals surface area contributed by atoms with Crippen molar-refractivity contribution in [2.45, 2.75) is 29.4 Å². The average molecular weight is 306 g/mol. The Balaban J connectivity index is 2.23. The molecule has 2 aromatic rings. The first-order chi connectivity index (χ1) is 10.0.